The van der Waals surface area contributed by atoms with E-state index in [1.54, 1.807) is 12.1 Å². The third-order valence-electron chi connectivity index (χ3n) is 6.67. The summed E-state index contributed by atoms with van der Waals surface area (Å²) >= 11 is 0. The van der Waals surface area contributed by atoms with Gasteiger partial charge in [-0.25, -0.2) is 8.42 Å². The van der Waals surface area contributed by atoms with Gasteiger partial charge in [-0.05, 0) is 42.8 Å². The van der Waals surface area contributed by atoms with Crippen molar-refractivity contribution in [2.24, 2.45) is 0 Å². The molecule has 3 rings (SSSR count). The van der Waals surface area contributed by atoms with Crippen molar-refractivity contribution < 1.29 is 22.3 Å². The Bertz CT molecular complexity index is 1020. The highest BCUT2D eigenvalue weighted by molar-refractivity contribution is 7.89. The van der Waals surface area contributed by atoms with Crippen molar-refractivity contribution in [3.8, 4) is 0 Å². The van der Waals surface area contributed by atoms with Crippen LogP contribution in [0.4, 0.5) is 0 Å². The molecule has 1 heterocycles. The van der Waals surface area contributed by atoms with E-state index in [4.69, 9.17) is 13.9 Å². The van der Waals surface area contributed by atoms with E-state index < -0.39 is 18.3 Å². The van der Waals surface area contributed by atoms with Gasteiger partial charge in [0.15, 0.2) is 8.32 Å². The molecular weight excluding hydrogens is 466 g/mol. The number of aryl methyl sites for hydroxylation is 1. The lowest BCUT2D eigenvalue weighted by atomic mass is 10.2. The number of hydrogen-bond acceptors (Lipinski definition) is 5. The van der Waals surface area contributed by atoms with Gasteiger partial charge in [0.2, 0.25) is 10.0 Å². The molecule has 0 radical (unpaired) electrons. The highest BCUT2D eigenvalue weighted by atomic mass is 32.2. The van der Waals surface area contributed by atoms with Crippen molar-refractivity contribution in [2.75, 3.05) is 26.3 Å². The quantitative estimate of drug-likeness (QED) is 0.473. The molecule has 1 aliphatic heterocycles. The lowest BCUT2D eigenvalue weighted by molar-refractivity contribution is -0.0340. The molecule has 2 atom stereocenters. The summed E-state index contributed by atoms with van der Waals surface area (Å²) in [6.07, 6.45) is -0.711. The van der Waals surface area contributed by atoms with Crippen LogP contribution in [0, 0.1) is 6.92 Å². The van der Waals surface area contributed by atoms with E-state index in [-0.39, 0.29) is 35.2 Å². The van der Waals surface area contributed by atoms with Gasteiger partial charge >= 0.3 is 0 Å². The van der Waals surface area contributed by atoms with Crippen LogP contribution in [0.25, 0.3) is 0 Å². The van der Waals surface area contributed by atoms with Gasteiger partial charge in [0.25, 0.3) is 0 Å². The molecule has 8 heteroatoms. The highest BCUT2D eigenvalue weighted by Gasteiger charge is 2.41. The Morgan fingerprint density at radius 1 is 1.03 bits per heavy atom. The molecule has 0 saturated carbocycles. The molecule has 0 amide bonds. The van der Waals surface area contributed by atoms with Crippen molar-refractivity contribution in [1.29, 1.82) is 0 Å². The number of nitrogens with zero attached hydrogens (tertiary/aromatic N) is 1. The fraction of sp³-hybridized carbons (Fsp3) is 0.538. The lowest BCUT2D eigenvalue weighted by Gasteiger charge is -2.39. The number of sulfonamides is 1. The lowest BCUT2D eigenvalue weighted by Crippen LogP contribution is -2.48. The summed E-state index contributed by atoms with van der Waals surface area (Å²) in [6.45, 7) is 14.4. The molecule has 0 bridgehead atoms. The second-order valence-electron chi connectivity index (χ2n) is 10.6. The highest BCUT2D eigenvalue weighted by Crippen LogP contribution is 2.38. The average molecular weight is 506 g/mol. The van der Waals surface area contributed by atoms with E-state index in [2.05, 4.69) is 33.9 Å². The number of hydrogen-bond donors (Lipinski definition) is 0. The Morgan fingerprint density at radius 2 is 1.68 bits per heavy atom. The van der Waals surface area contributed by atoms with Gasteiger partial charge in [0, 0.05) is 13.1 Å². The summed E-state index contributed by atoms with van der Waals surface area (Å²) in [5, 5.41) is 0.0121. The first-order valence-corrected chi connectivity index (χ1v) is 16.2. The number of benzene rings is 2. The topological polar surface area (TPSA) is 65.1 Å². The Morgan fingerprint density at radius 3 is 2.29 bits per heavy atom. The summed E-state index contributed by atoms with van der Waals surface area (Å²) in [5.41, 5.74) is 2.09. The first-order chi connectivity index (χ1) is 15.9. The van der Waals surface area contributed by atoms with Gasteiger partial charge in [0.1, 0.15) is 0 Å². The molecule has 0 aromatic heterocycles. The maximum absolute atomic E-state index is 13.6. The molecule has 0 N–H and O–H groups in total. The third-order valence-corrected chi connectivity index (χ3v) is 13.1. The predicted molar refractivity (Wildman–Crippen MR) is 138 cm³/mol. The molecule has 1 saturated heterocycles. The Kier molecular flexibility index (Phi) is 8.76. The molecule has 0 spiro atoms. The minimum absolute atomic E-state index is 0.0121. The maximum Gasteiger partial charge on any atom is 0.243 e. The van der Waals surface area contributed by atoms with Crippen molar-refractivity contribution in [3.63, 3.8) is 0 Å². The van der Waals surface area contributed by atoms with E-state index in [9.17, 15) is 8.42 Å². The third kappa shape index (κ3) is 6.99. The monoisotopic (exact) mass is 505 g/mol. The summed E-state index contributed by atoms with van der Waals surface area (Å²) in [6, 6.07) is 16.9. The van der Waals surface area contributed by atoms with Crippen LogP contribution in [0.3, 0.4) is 0 Å². The Balaban J connectivity index is 1.78. The zero-order chi connectivity index (χ0) is 25.0. The predicted octanol–water partition coefficient (Wildman–Crippen LogP) is 4.99. The van der Waals surface area contributed by atoms with Crippen LogP contribution in [-0.2, 0) is 30.5 Å². The van der Waals surface area contributed by atoms with Crippen LogP contribution in [-0.4, -0.2) is 59.6 Å². The molecule has 34 heavy (non-hydrogen) atoms. The van der Waals surface area contributed by atoms with Gasteiger partial charge in [-0.3, -0.25) is 0 Å². The van der Waals surface area contributed by atoms with Crippen LogP contribution >= 0.6 is 0 Å². The minimum atomic E-state index is -3.70. The van der Waals surface area contributed by atoms with Crippen LogP contribution in [0.1, 0.15) is 31.9 Å². The minimum Gasteiger partial charge on any atom is -0.410 e. The van der Waals surface area contributed by atoms with Gasteiger partial charge in [-0.2, -0.15) is 4.31 Å². The Hall–Kier alpha value is -1.55. The number of rotatable bonds is 8. The molecule has 2 aromatic rings. The van der Waals surface area contributed by atoms with E-state index in [1.165, 1.54) is 4.31 Å². The molecule has 2 aromatic carbocycles. The van der Waals surface area contributed by atoms with Gasteiger partial charge in [-0.15, -0.1) is 0 Å². The van der Waals surface area contributed by atoms with Crippen molar-refractivity contribution in [3.05, 3.63) is 65.7 Å². The van der Waals surface area contributed by atoms with E-state index in [0.29, 0.717) is 19.8 Å². The van der Waals surface area contributed by atoms with Gasteiger partial charge in [0.05, 0.1) is 36.9 Å². The normalized spacial score (nSPS) is 20.8. The summed E-state index contributed by atoms with van der Waals surface area (Å²) < 4.78 is 47.3. The molecule has 1 fully saturated rings. The van der Waals surface area contributed by atoms with E-state index in [1.807, 2.05) is 49.4 Å². The molecular formula is C26H39NO5SSi. The summed E-state index contributed by atoms with van der Waals surface area (Å²) in [4.78, 5) is 0.287. The molecule has 0 aliphatic carbocycles. The zero-order valence-electron chi connectivity index (χ0n) is 21.3. The first kappa shape index (κ1) is 27.0. The molecule has 1 aliphatic rings. The maximum atomic E-state index is 13.6. The van der Waals surface area contributed by atoms with Crippen molar-refractivity contribution >= 4 is 18.3 Å². The van der Waals surface area contributed by atoms with Gasteiger partial charge < -0.3 is 13.9 Å². The zero-order valence-corrected chi connectivity index (χ0v) is 23.1. The fourth-order valence-corrected chi connectivity index (χ4v) is 6.41. The van der Waals surface area contributed by atoms with Crippen molar-refractivity contribution in [1.82, 2.24) is 4.31 Å². The smallest absolute Gasteiger partial charge is 0.243 e. The summed E-state index contributed by atoms with van der Waals surface area (Å²) in [5.74, 6) is 0. The SMILES string of the molecule is Cc1ccc(S(=O)(=O)N2C[C@@H](COCc3ccccc3)OC[C@H](O[Si](C)(C)C(C)(C)C)C2)cc1. The van der Waals surface area contributed by atoms with Crippen LogP contribution in [0.2, 0.25) is 18.1 Å². The second kappa shape index (κ2) is 11.0. The molecule has 0 unspecified atom stereocenters. The second-order valence-corrected chi connectivity index (χ2v) is 17.3. The van der Waals surface area contributed by atoms with Gasteiger partial charge in [-0.1, -0.05) is 68.8 Å². The van der Waals surface area contributed by atoms with E-state index in [0.717, 1.165) is 11.1 Å². The van der Waals surface area contributed by atoms with Crippen LogP contribution < -0.4 is 0 Å². The largest absolute Gasteiger partial charge is 0.410 e. The van der Waals surface area contributed by atoms with Crippen LogP contribution in [0.15, 0.2) is 59.5 Å². The summed E-state index contributed by atoms with van der Waals surface area (Å²) in [7, 11) is -5.82. The number of ether oxygens (including phenoxy) is 2. The van der Waals surface area contributed by atoms with E-state index >= 15 is 0 Å². The average Bonchev–Trinajstić information content (AvgIpc) is 2.96. The van der Waals surface area contributed by atoms with Crippen molar-refractivity contribution in [2.45, 2.75) is 69.5 Å². The molecule has 188 valence electrons. The Labute approximate surface area is 206 Å². The fourth-order valence-electron chi connectivity index (χ4n) is 3.58. The van der Waals surface area contributed by atoms with Crippen LogP contribution in [0.5, 0.6) is 0 Å². The first-order valence-electron chi connectivity index (χ1n) is 11.9. The standard InChI is InChI=1S/C26H39NO5SSi/c1-21-12-14-25(15-13-21)33(28,29)27-16-23(19-30-18-22-10-8-7-9-11-22)31-20-24(17-27)32-34(5,6)26(2,3)4/h7-15,23-24H,16-20H2,1-6H3/t23-,24+/m0/s1. The molecule has 6 nitrogen and oxygen atoms in total.